The summed E-state index contributed by atoms with van der Waals surface area (Å²) >= 11 is 5.91. The molecule has 1 atom stereocenters. The number of para-hydroxylation sites is 2. The van der Waals surface area contributed by atoms with Gasteiger partial charge in [0, 0.05) is 10.7 Å². The molecule has 0 aliphatic heterocycles. The summed E-state index contributed by atoms with van der Waals surface area (Å²) in [5.41, 5.74) is 0.638. The fourth-order valence-corrected chi connectivity index (χ4v) is 2.17. The minimum atomic E-state index is -0.615. The highest BCUT2D eigenvalue weighted by atomic mass is 35.5. The first kappa shape index (κ1) is 16.2. The number of amides is 1. The first-order valence-corrected chi connectivity index (χ1v) is 7.38. The van der Waals surface area contributed by atoms with Crippen molar-refractivity contribution in [3.63, 3.8) is 0 Å². The molecule has 4 nitrogen and oxygen atoms in total. The maximum Gasteiger partial charge on any atom is 0.265 e. The molecule has 0 radical (unpaired) electrons. The van der Waals surface area contributed by atoms with Gasteiger partial charge < -0.3 is 14.8 Å². The van der Waals surface area contributed by atoms with Crippen molar-refractivity contribution < 1.29 is 14.3 Å². The molecule has 0 saturated heterocycles. The number of nitrogens with one attached hydrogen (secondary N) is 1. The highest BCUT2D eigenvalue weighted by Crippen LogP contribution is 2.27. The number of hydrogen-bond acceptors (Lipinski definition) is 3. The van der Waals surface area contributed by atoms with Crippen LogP contribution in [-0.2, 0) is 4.79 Å². The topological polar surface area (TPSA) is 47.6 Å². The minimum absolute atomic E-state index is 0.226. The third kappa shape index (κ3) is 4.15. The SMILES string of the molecule is CC[C@H](Oc1ccccc1OC)C(=O)Nc1cccc(Cl)c1. The molecule has 0 saturated carbocycles. The normalized spacial score (nSPS) is 11.6. The molecule has 0 aliphatic rings. The van der Waals surface area contributed by atoms with E-state index < -0.39 is 6.10 Å². The van der Waals surface area contributed by atoms with Crippen LogP contribution in [0, 0.1) is 0 Å². The Balaban J connectivity index is 2.09. The van der Waals surface area contributed by atoms with Crippen LogP contribution in [0.3, 0.4) is 0 Å². The van der Waals surface area contributed by atoms with Gasteiger partial charge in [-0.15, -0.1) is 0 Å². The second-order valence-corrected chi connectivity index (χ2v) is 5.10. The van der Waals surface area contributed by atoms with Gasteiger partial charge in [-0.2, -0.15) is 0 Å². The Morgan fingerprint density at radius 2 is 1.91 bits per heavy atom. The molecule has 116 valence electrons. The van der Waals surface area contributed by atoms with Crippen molar-refractivity contribution in [1.29, 1.82) is 0 Å². The van der Waals surface area contributed by atoms with E-state index in [1.54, 1.807) is 43.5 Å². The van der Waals surface area contributed by atoms with E-state index in [1.165, 1.54) is 0 Å². The molecule has 0 bridgehead atoms. The Labute approximate surface area is 135 Å². The van der Waals surface area contributed by atoms with Crippen molar-refractivity contribution in [1.82, 2.24) is 0 Å². The average Bonchev–Trinajstić information content (AvgIpc) is 2.52. The summed E-state index contributed by atoms with van der Waals surface area (Å²) in [5, 5.41) is 3.37. The number of benzene rings is 2. The molecule has 1 amide bonds. The van der Waals surface area contributed by atoms with E-state index in [2.05, 4.69) is 5.32 Å². The molecule has 2 rings (SSSR count). The van der Waals surface area contributed by atoms with E-state index in [1.807, 2.05) is 19.1 Å². The lowest BCUT2D eigenvalue weighted by Gasteiger charge is -2.18. The molecular weight excluding hydrogens is 302 g/mol. The number of hydrogen-bond donors (Lipinski definition) is 1. The van der Waals surface area contributed by atoms with E-state index in [0.29, 0.717) is 28.6 Å². The van der Waals surface area contributed by atoms with Gasteiger partial charge in [-0.25, -0.2) is 0 Å². The number of halogens is 1. The standard InChI is InChI=1S/C17H18ClNO3/c1-3-14(22-16-10-5-4-9-15(16)21-2)17(20)19-13-8-6-7-12(18)11-13/h4-11,14H,3H2,1-2H3,(H,19,20)/t14-/m0/s1. The first-order valence-electron chi connectivity index (χ1n) is 7.00. The van der Waals surface area contributed by atoms with E-state index >= 15 is 0 Å². The van der Waals surface area contributed by atoms with Crippen LogP contribution in [0.1, 0.15) is 13.3 Å². The molecule has 0 heterocycles. The predicted molar refractivity (Wildman–Crippen MR) is 87.8 cm³/mol. The largest absolute Gasteiger partial charge is 0.493 e. The van der Waals surface area contributed by atoms with Gasteiger partial charge in [0.25, 0.3) is 5.91 Å². The molecule has 0 fully saturated rings. The van der Waals surface area contributed by atoms with Gasteiger partial charge in [0.15, 0.2) is 17.6 Å². The van der Waals surface area contributed by atoms with Gasteiger partial charge in [-0.05, 0) is 36.8 Å². The third-order valence-electron chi connectivity index (χ3n) is 3.09. The Kier molecular flexibility index (Phi) is 5.67. The summed E-state index contributed by atoms with van der Waals surface area (Å²) in [7, 11) is 1.56. The zero-order valence-corrected chi connectivity index (χ0v) is 13.3. The van der Waals surface area contributed by atoms with Crippen molar-refractivity contribution in [3.8, 4) is 11.5 Å². The summed E-state index contributed by atoms with van der Waals surface area (Å²) in [5.74, 6) is 0.908. The summed E-state index contributed by atoms with van der Waals surface area (Å²) in [6, 6.07) is 14.2. The molecule has 0 unspecified atom stereocenters. The molecule has 2 aromatic carbocycles. The van der Waals surface area contributed by atoms with Gasteiger partial charge in [0.1, 0.15) is 0 Å². The summed E-state index contributed by atoms with van der Waals surface area (Å²) in [4.78, 5) is 12.3. The second-order valence-electron chi connectivity index (χ2n) is 4.67. The molecule has 0 aromatic heterocycles. The highest BCUT2D eigenvalue weighted by Gasteiger charge is 2.20. The first-order chi connectivity index (χ1) is 10.6. The maximum atomic E-state index is 12.3. The van der Waals surface area contributed by atoms with Crippen LogP contribution in [-0.4, -0.2) is 19.1 Å². The van der Waals surface area contributed by atoms with Gasteiger partial charge in [-0.3, -0.25) is 4.79 Å². The number of methoxy groups -OCH3 is 1. The Hall–Kier alpha value is -2.20. The predicted octanol–water partition coefficient (Wildman–Crippen LogP) is 4.14. The van der Waals surface area contributed by atoms with Crippen LogP contribution in [0.2, 0.25) is 5.02 Å². The molecule has 22 heavy (non-hydrogen) atoms. The van der Waals surface area contributed by atoms with E-state index in [4.69, 9.17) is 21.1 Å². The Bertz CT molecular complexity index is 645. The van der Waals surface area contributed by atoms with Crippen LogP contribution >= 0.6 is 11.6 Å². The maximum absolute atomic E-state index is 12.3. The van der Waals surface area contributed by atoms with Crippen LogP contribution in [0.5, 0.6) is 11.5 Å². The monoisotopic (exact) mass is 319 g/mol. The van der Waals surface area contributed by atoms with Crippen molar-refractivity contribution in [2.45, 2.75) is 19.4 Å². The van der Waals surface area contributed by atoms with Gasteiger partial charge in [0.2, 0.25) is 0 Å². The van der Waals surface area contributed by atoms with Crippen LogP contribution in [0.25, 0.3) is 0 Å². The quantitative estimate of drug-likeness (QED) is 0.870. The van der Waals surface area contributed by atoms with Crippen LogP contribution in [0.4, 0.5) is 5.69 Å². The number of carbonyl (C=O) groups is 1. The molecule has 1 N–H and O–H groups in total. The van der Waals surface area contributed by atoms with E-state index in [0.717, 1.165) is 0 Å². The summed E-state index contributed by atoms with van der Waals surface area (Å²) in [6.45, 7) is 1.89. The average molecular weight is 320 g/mol. The lowest BCUT2D eigenvalue weighted by atomic mass is 10.2. The van der Waals surface area contributed by atoms with Gasteiger partial charge in [0.05, 0.1) is 7.11 Å². The van der Waals surface area contributed by atoms with E-state index in [9.17, 15) is 4.79 Å². The van der Waals surface area contributed by atoms with Gasteiger partial charge >= 0.3 is 0 Å². The summed E-state index contributed by atoms with van der Waals surface area (Å²) in [6.07, 6.45) is -0.0833. The van der Waals surface area contributed by atoms with Gasteiger partial charge in [-0.1, -0.05) is 36.7 Å². The number of carbonyl (C=O) groups excluding carboxylic acids is 1. The fraction of sp³-hybridized carbons (Fsp3) is 0.235. The van der Waals surface area contributed by atoms with E-state index in [-0.39, 0.29) is 5.91 Å². The number of ether oxygens (including phenoxy) is 2. The lowest BCUT2D eigenvalue weighted by Crippen LogP contribution is -2.32. The summed E-state index contributed by atoms with van der Waals surface area (Å²) < 4.78 is 11.0. The molecule has 2 aromatic rings. The van der Waals surface area contributed by atoms with Crippen molar-refractivity contribution in [2.24, 2.45) is 0 Å². The molecule has 5 heteroatoms. The fourth-order valence-electron chi connectivity index (χ4n) is 1.98. The molecule has 0 aliphatic carbocycles. The number of anilines is 1. The number of rotatable bonds is 6. The second kappa shape index (κ2) is 7.71. The smallest absolute Gasteiger partial charge is 0.265 e. The molecule has 0 spiro atoms. The Morgan fingerprint density at radius 3 is 2.55 bits per heavy atom. The van der Waals surface area contributed by atoms with Crippen molar-refractivity contribution >= 4 is 23.2 Å². The van der Waals surface area contributed by atoms with Crippen molar-refractivity contribution in [3.05, 3.63) is 53.6 Å². The van der Waals surface area contributed by atoms with Crippen LogP contribution < -0.4 is 14.8 Å². The minimum Gasteiger partial charge on any atom is -0.493 e. The van der Waals surface area contributed by atoms with Crippen LogP contribution in [0.15, 0.2) is 48.5 Å². The van der Waals surface area contributed by atoms with Crippen molar-refractivity contribution in [2.75, 3.05) is 12.4 Å². The zero-order valence-electron chi connectivity index (χ0n) is 12.5. The molecular formula is C17H18ClNO3. The Morgan fingerprint density at radius 1 is 1.18 bits per heavy atom. The highest BCUT2D eigenvalue weighted by molar-refractivity contribution is 6.30. The third-order valence-corrected chi connectivity index (χ3v) is 3.33. The lowest BCUT2D eigenvalue weighted by molar-refractivity contribution is -0.122. The zero-order chi connectivity index (χ0) is 15.9.